The van der Waals surface area contributed by atoms with Gasteiger partial charge in [0.05, 0.1) is 40.6 Å². The summed E-state index contributed by atoms with van der Waals surface area (Å²) in [6, 6.07) is 7.34. The van der Waals surface area contributed by atoms with Crippen LogP contribution >= 0.6 is 22.6 Å². The number of hydrogen-bond acceptors (Lipinski definition) is 7. The Labute approximate surface area is 181 Å². The van der Waals surface area contributed by atoms with Gasteiger partial charge in [0.25, 0.3) is 11.6 Å². The van der Waals surface area contributed by atoms with Crippen LogP contribution < -0.4 is 19.6 Å². The number of nitrogens with zero attached hydrogens (tertiary/aromatic N) is 2. The average Bonchev–Trinajstić information content (AvgIpc) is 2.70. The van der Waals surface area contributed by atoms with Crippen LogP contribution in [-0.2, 0) is 0 Å². The Balaban J connectivity index is 2.22. The molecule has 0 heterocycles. The van der Waals surface area contributed by atoms with Crippen molar-refractivity contribution in [2.75, 3.05) is 20.3 Å². The number of carbonyl (C=O) groups excluding carboxylic acids is 1. The van der Waals surface area contributed by atoms with Gasteiger partial charge in [-0.2, -0.15) is 5.10 Å². The van der Waals surface area contributed by atoms with Crippen molar-refractivity contribution in [2.45, 2.75) is 13.8 Å². The minimum absolute atomic E-state index is 0.00938. The van der Waals surface area contributed by atoms with Crippen molar-refractivity contribution in [3.05, 3.63) is 55.1 Å². The van der Waals surface area contributed by atoms with E-state index in [2.05, 4.69) is 33.1 Å². The zero-order chi connectivity index (χ0) is 21.4. The van der Waals surface area contributed by atoms with Crippen LogP contribution in [0.4, 0.5) is 5.69 Å². The lowest BCUT2D eigenvalue weighted by Gasteiger charge is -2.13. The number of amides is 1. The molecule has 0 bridgehead atoms. The van der Waals surface area contributed by atoms with E-state index in [1.54, 1.807) is 6.07 Å². The first kappa shape index (κ1) is 22.4. The van der Waals surface area contributed by atoms with Gasteiger partial charge in [0.2, 0.25) is 0 Å². The van der Waals surface area contributed by atoms with E-state index < -0.39 is 10.8 Å². The third kappa shape index (κ3) is 5.79. The Hall–Kier alpha value is -2.89. The van der Waals surface area contributed by atoms with E-state index in [-0.39, 0.29) is 17.0 Å². The minimum atomic E-state index is -0.632. The summed E-state index contributed by atoms with van der Waals surface area (Å²) >= 11 is 2.13. The highest BCUT2D eigenvalue weighted by atomic mass is 127. The third-order valence-electron chi connectivity index (χ3n) is 3.64. The molecule has 0 saturated carbocycles. The number of rotatable bonds is 9. The molecule has 2 aromatic rings. The van der Waals surface area contributed by atoms with Crippen LogP contribution in [0.25, 0.3) is 0 Å². The van der Waals surface area contributed by atoms with Crippen molar-refractivity contribution in [2.24, 2.45) is 5.10 Å². The van der Waals surface area contributed by atoms with E-state index >= 15 is 0 Å². The summed E-state index contributed by atoms with van der Waals surface area (Å²) in [6.07, 6.45) is 1.45. The highest BCUT2D eigenvalue weighted by Gasteiger charge is 2.17. The summed E-state index contributed by atoms with van der Waals surface area (Å²) < 4.78 is 17.2. The Morgan fingerprint density at radius 2 is 1.93 bits per heavy atom. The molecule has 154 valence electrons. The molecule has 0 aliphatic carbocycles. The fourth-order valence-electron chi connectivity index (χ4n) is 2.42. The Morgan fingerprint density at radius 1 is 1.21 bits per heavy atom. The number of carbonyl (C=O) groups is 1. The number of nitro groups is 1. The zero-order valence-electron chi connectivity index (χ0n) is 16.1. The molecule has 2 aromatic carbocycles. The van der Waals surface area contributed by atoms with E-state index in [1.807, 2.05) is 19.9 Å². The maximum atomic E-state index is 12.4. The molecule has 29 heavy (non-hydrogen) atoms. The topological polar surface area (TPSA) is 112 Å². The van der Waals surface area contributed by atoms with Crippen LogP contribution in [0.2, 0.25) is 0 Å². The van der Waals surface area contributed by atoms with Crippen LogP contribution in [0.1, 0.15) is 29.8 Å². The van der Waals surface area contributed by atoms with Crippen LogP contribution in [0.15, 0.2) is 35.4 Å². The van der Waals surface area contributed by atoms with E-state index in [4.69, 9.17) is 14.2 Å². The maximum absolute atomic E-state index is 12.4. The predicted octanol–water partition coefficient (Wildman–Crippen LogP) is 3.77. The molecule has 0 unspecified atom stereocenters. The Morgan fingerprint density at radius 3 is 2.55 bits per heavy atom. The fraction of sp³-hybridized carbons (Fsp3) is 0.263. The fourth-order valence-corrected chi connectivity index (χ4v) is 3.20. The summed E-state index contributed by atoms with van der Waals surface area (Å²) in [5.41, 5.74) is 2.83. The summed E-state index contributed by atoms with van der Waals surface area (Å²) in [4.78, 5) is 22.8. The third-order valence-corrected chi connectivity index (χ3v) is 4.44. The van der Waals surface area contributed by atoms with Gasteiger partial charge in [-0.05, 0) is 60.2 Å². The number of benzene rings is 2. The largest absolute Gasteiger partial charge is 0.496 e. The summed E-state index contributed by atoms with van der Waals surface area (Å²) in [5.74, 6) is 0.803. The number of nitro benzene ring substituents is 1. The van der Waals surface area contributed by atoms with Gasteiger partial charge >= 0.3 is 0 Å². The Kier molecular flexibility index (Phi) is 8.19. The van der Waals surface area contributed by atoms with Gasteiger partial charge in [-0.1, -0.05) is 0 Å². The van der Waals surface area contributed by atoms with E-state index in [1.165, 1.54) is 25.5 Å². The molecular formula is C19H20IN3O6. The van der Waals surface area contributed by atoms with Gasteiger partial charge in [-0.15, -0.1) is 0 Å². The van der Waals surface area contributed by atoms with Gasteiger partial charge in [-0.25, -0.2) is 5.43 Å². The number of hydrogen-bond donors (Lipinski definition) is 1. The average molecular weight is 513 g/mol. The lowest BCUT2D eigenvalue weighted by molar-refractivity contribution is -0.384. The number of ether oxygens (including phenoxy) is 3. The number of methoxy groups -OCH3 is 1. The zero-order valence-corrected chi connectivity index (χ0v) is 18.3. The van der Waals surface area contributed by atoms with Crippen molar-refractivity contribution in [1.82, 2.24) is 5.43 Å². The van der Waals surface area contributed by atoms with Crippen molar-refractivity contribution in [3.63, 3.8) is 0 Å². The summed E-state index contributed by atoms with van der Waals surface area (Å²) in [7, 11) is 1.37. The van der Waals surface area contributed by atoms with E-state index in [0.717, 1.165) is 9.64 Å². The maximum Gasteiger partial charge on any atom is 0.275 e. The number of nitrogens with one attached hydrogen (secondary N) is 1. The molecule has 1 N–H and O–H groups in total. The van der Waals surface area contributed by atoms with Crippen LogP contribution in [-0.4, -0.2) is 37.4 Å². The van der Waals surface area contributed by atoms with Gasteiger partial charge in [0.1, 0.15) is 5.75 Å². The molecule has 0 saturated heterocycles. The van der Waals surface area contributed by atoms with Gasteiger partial charge in [0, 0.05) is 12.1 Å². The molecular weight excluding hydrogens is 493 g/mol. The molecule has 0 fully saturated rings. The number of halogens is 1. The summed E-state index contributed by atoms with van der Waals surface area (Å²) in [5, 5.41) is 14.9. The molecule has 2 rings (SSSR count). The van der Waals surface area contributed by atoms with Crippen LogP contribution in [0.3, 0.4) is 0 Å². The number of hydrazone groups is 1. The second-order valence-corrected chi connectivity index (χ2v) is 6.70. The van der Waals surface area contributed by atoms with Crippen molar-refractivity contribution >= 4 is 40.4 Å². The molecule has 0 aromatic heterocycles. The standard InChI is InChI=1S/C19H20IN3O6/c1-4-28-17-9-12(8-15(20)18(17)29-5-2)11-21-22-19(24)14-10-13(23(25)26)6-7-16(14)27-3/h6-11H,4-5H2,1-3H3,(H,22,24)/b21-11-. The highest BCUT2D eigenvalue weighted by Crippen LogP contribution is 2.33. The lowest BCUT2D eigenvalue weighted by atomic mass is 10.1. The monoisotopic (exact) mass is 513 g/mol. The highest BCUT2D eigenvalue weighted by molar-refractivity contribution is 14.1. The smallest absolute Gasteiger partial charge is 0.275 e. The van der Waals surface area contributed by atoms with Crippen LogP contribution in [0, 0.1) is 13.7 Å². The lowest BCUT2D eigenvalue weighted by Crippen LogP contribution is -2.18. The quantitative estimate of drug-likeness (QED) is 0.237. The van der Waals surface area contributed by atoms with Gasteiger partial charge < -0.3 is 14.2 Å². The molecule has 1 amide bonds. The SMILES string of the molecule is CCOc1cc(/C=N\NC(=O)c2cc([N+](=O)[O-])ccc2OC)cc(I)c1OCC. The Bertz CT molecular complexity index is 932. The van der Waals surface area contributed by atoms with E-state index in [0.29, 0.717) is 30.3 Å². The van der Waals surface area contributed by atoms with Gasteiger partial charge in [-0.3, -0.25) is 14.9 Å². The first-order valence-electron chi connectivity index (χ1n) is 8.66. The molecule has 0 radical (unpaired) electrons. The predicted molar refractivity (Wildman–Crippen MR) is 116 cm³/mol. The number of non-ortho nitro benzene ring substituents is 1. The van der Waals surface area contributed by atoms with Crippen molar-refractivity contribution in [3.8, 4) is 17.2 Å². The van der Waals surface area contributed by atoms with Crippen molar-refractivity contribution < 1.29 is 23.9 Å². The second-order valence-electron chi connectivity index (χ2n) is 5.54. The molecule has 0 aliphatic heterocycles. The van der Waals surface area contributed by atoms with Gasteiger partial charge in [0.15, 0.2) is 11.5 Å². The molecule has 0 atom stereocenters. The first-order chi connectivity index (χ1) is 13.9. The minimum Gasteiger partial charge on any atom is -0.496 e. The first-order valence-corrected chi connectivity index (χ1v) is 9.74. The normalized spacial score (nSPS) is 10.6. The molecule has 0 aliphatic rings. The second kappa shape index (κ2) is 10.6. The summed E-state index contributed by atoms with van der Waals surface area (Å²) in [6.45, 7) is 4.74. The molecule has 9 nitrogen and oxygen atoms in total. The van der Waals surface area contributed by atoms with Crippen molar-refractivity contribution in [1.29, 1.82) is 0 Å². The van der Waals surface area contributed by atoms with E-state index in [9.17, 15) is 14.9 Å². The van der Waals surface area contributed by atoms with Crippen LogP contribution in [0.5, 0.6) is 17.2 Å². The molecule has 10 heteroatoms. The molecule has 0 spiro atoms.